The van der Waals surface area contributed by atoms with E-state index in [9.17, 15) is 4.79 Å². The second-order valence-corrected chi connectivity index (χ2v) is 5.05. The van der Waals surface area contributed by atoms with E-state index in [2.05, 4.69) is 10.6 Å². The molecule has 6 heteroatoms. The van der Waals surface area contributed by atoms with Crippen molar-refractivity contribution in [1.82, 2.24) is 10.6 Å². The Hall–Kier alpha value is -0.970. The van der Waals surface area contributed by atoms with Gasteiger partial charge >= 0.3 is 0 Å². The number of nitrogens with one attached hydrogen (secondary N) is 2. The van der Waals surface area contributed by atoms with Crippen LogP contribution in [0.1, 0.15) is 12.8 Å². The Morgan fingerprint density at radius 2 is 1.95 bits per heavy atom. The monoisotopic (exact) mass is 318 g/mol. The molecule has 1 aromatic rings. The topological polar surface area (TPSA) is 50.4 Å². The summed E-state index contributed by atoms with van der Waals surface area (Å²) in [6.45, 7) is 2.86. The average molecular weight is 319 g/mol. The van der Waals surface area contributed by atoms with Crippen molar-refractivity contribution in [2.24, 2.45) is 5.92 Å². The van der Waals surface area contributed by atoms with E-state index < -0.39 is 0 Å². The molecule has 4 nitrogen and oxygen atoms in total. The maximum Gasteiger partial charge on any atom is 0.223 e. The molecule has 1 amide bonds. The van der Waals surface area contributed by atoms with Crippen molar-refractivity contribution in [1.29, 1.82) is 0 Å². The lowest BCUT2D eigenvalue weighted by atomic mass is 9.97. The number of halogens is 2. The van der Waals surface area contributed by atoms with E-state index >= 15 is 0 Å². The van der Waals surface area contributed by atoms with Gasteiger partial charge in [-0.3, -0.25) is 4.79 Å². The van der Waals surface area contributed by atoms with E-state index in [4.69, 9.17) is 16.3 Å². The summed E-state index contributed by atoms with van der Waals surface area (Å²) < 4.78 is 5.51. The standard InChI is InChI=1S/C14H19ClN2O2.ClH/c15-12-1-3-13(4-2-12)19-10-9-17-14(18)11-5-7-16-8-6-11;/h1-4,11,16H,5-10H2,(H,17,18);1H. The molecule has 2 rings (SSSR count). The lowest BCUT2D eigenvalue weighted by Gasteiger charge is -2.21. The van der Waals surface area contributed by atoms with Crippen molar-refractivity contribution in [3.63, 3.8) is 0 Å². The second-order valence-electron chi connectivity index (χ2n) is 4.62. The Kier molecular flexibility index (Phi) is 7.73. The molecule has 1 heterocycles. The summed E-state index contributed by atoms with van der Waals surface area (Å²) >= 11 is 5.78. The highest BCUT2D eigenvalue weighted by molar-refractivity contribution is 6.30. The summed E-state index contributed by atoms with van der Waals surface area (Å²) in [5, 5.41) is 6.85. The summed E-state index contributed by atoms with van der Waals surface area (Å²) in [5.41, 5.74) is 0. The summed E-state index contributed by atoms with van der Waals surface area (Å²) in [7, 11) is 0. The van der Waals surface area contributed by atoms with Crippen LogP contribution in [0.5, 0.6) is 5.75 Å². The number of amides is 1. The van der Waals surface area contributed by atoms with Gasteiger partial charge in [0.25, 0.3) is 0 Å². The minimum absolute atomic E-state index is 0. The van der Waals surface area contributed by atoms with Crippen LogP contribution in [0.15, 0.2) is 24.3 Å². The van der Waals surface area contributed by atoms with Crippen molar-refractivity contribution in [3.05, 3.63) is 29.3 Å². The zero-order chi connectivity index (χ0) is 13.5. The van der Waals surface area contributed by atoms with Gasteiger partial charge in [0, 0.05) is 10.9 Å². The van der Waals surface area contributed by atoms with Crippen LogP contribution < -0.4 is 15.4 Å². The van der Waals surface area contributed by atoms with Crippen molar-refractivity contribution < 1.29 is 9.53 Å². The molecule has 20 heavy (non-hydrogen) atoms. The van der Waals surface area contributed by atoms with Crippen LogP contribution in [-0.2, 0) is 4.79 Å². The number of hydrogen-bond donors (Lipinski definition) is 2. The fourth-order valence-corrected chi connectivity index (χ4v) is 2.23. The van der Waals surface area contributed by atoms with Gasteiger partial charge in [-0.1, -0.05) is 11.6 Å². The molecule has 1 aromatic carbocycles. The molecular formula is C14H20Cl2N2O2. The fraction of sp³-hybridized carbons (Fsp3) is 0.500. The van der Waals surface area contributed by atoms with Crippen LogP contribution in [0.25, 0.3) is 0 Å². The summed E-state index contributed by atoms with van der Waals surface area (Å²) in [4.78, 5) is 11.8. The van der Waals surface area contributed by atoms with Crippen molar-refractivity contribution >= 4 is 29.9 Å². The Balaban J connectivity index is 0.00000200. The molecule has 0 aliphatic carbocycles. The first-order chi connectivity index (χ1) is 9.25. The first-order valence-electron chi connectivity index (χ1n) is 6.62. The van der Waals surface area contributed by atoms with Crippen LogP contribution in [0, 0.1) is 5.92 Å². The number of benzene rings is 1. The predicted octanol–water partition coefficient (Wildman–Crippen LogP) is 2.26. The van der Waals surface area contributed by atoms with Gasteiger partial charge in [-0.05, 0) is 50.2 Å². The molecule has 0 saturated carbocycles. The van der Waals surface area contributed by atoms with Crippen LogP contribution in [-0.4, -0.2) is 32.1 Å². The lowest BCUT2D eigenvalue weighted by Crippen LogP contribution is -2.39. The normalized spacial score (nSPS) is 15.2. The molecule has 1 saturated heterocycles. The summed E-state index contributed by atoms with van der Waals surface area (Å²) in [5.74, 6) is 1.05. The highest BCUT2D eigenvalue weighted by Crippen LogP contribution is 2.15. The number of rotatable bonds is 5. The Morgan fingerprint density at radius 3 is 2.60 bits per heavy atom. The van der Waals surface area contributed by atoms with Gasteiger partial charge in [0.05, 0.1) is 6.54 Å². The van der Waals surface area contributed by atoms with E-state index in [-0.39, 0.29) is 24.2 Å². The first kappa shape index (κ1) is 17.1. The minimum Gasteiger partial charge on any atom is -0.492 e. The predicted molar refractivity (Wildman–Crippen MR) is 82.8 cm³/mol. The molecule has 0 spiro atoms. The van der Waals surface area contributed by atoms with Crippen molar-refractivity contribution in [2.45, 2.75) is 12.8 Å². The van der Waals surface area contributed by atoms with Crippen molar-refractivity contribution in [2.75, 3.05) is 26.2 Å². The molecule has 2 N–H and O–H groups in total. The molecule has 0 aromatic heterocycles. The molecule has 112 valence electrons. The van der Waals surface area contributed by atoms with E-state index in [1.165, 1.54) is 0 Å². The van der Waals surface area contributed by atoms with E-state index in [0.717, 1.165) is 31.7 Å². The molecule has 0 bridgehead atoms. The molecule has 1 aliphatic rings. The molecule has 0 unspecified atom stereocenters. The zero-order valence-corrected chi connectivity index (χ0v) is 12.8. The van der Waals surface area contributed by atoms with Gasteiger partial charge in [-0.15, -0.1) is 12.4 Å². The maximum absolute atomic E-state index is 11.8. The Labute approximate surface area is 130 Å². The van der Waals surface area contributed by atoms with Crippen LogP contribution in [0.2, 0.25) is 5.02 Å². The summed E-state index contributed by atoms with van der Waals surface area (Å²) in [6.07, 6.45) is 1.84. The van der Waals surface area contributed by atoms with E-state index in [1.807, 2.05) is 12.1 Å². The molecule has 0 radical (unpaired) electrons. The minimum atomic E-state index is 0. The van der Waals surface area contributed by atoms with Gasteiger partial charge in [-0.2, -0.15) is 0 Å². The third-order valence-corrected chi connectivity index (χ3v) is 3.45. The van der Waals surface area contributed by atoms with Crippen LogP contribution in [0.3, 0.4) is 0 Å². The molecule has 0 atom stereocenters. The van der Waals surface area contributed by atoms with E-state index in [1.54, 1.807) is 12.1 Å². The number of ether oxygens (including phenoxy) is 1. The Morgan fingerprint density at radius 1 is 1.30 bits per heavy atom. The number of carbonyl (C=O) groups excluding carboxylic acids is 1. The van der Waals surface area contributed by atoms with Crippen molar-refractivity contribution in [3.8, 4) is 5.75 Å². The smallest absolute Gasteiger partial charge is 0.223 e. The van der Waals surface area contributed by atoms with Crippen LogP contribution in [0.4, 0.5) is 0 Å². The molecule has 1 aliphatic heterocycles. The fourth-order valence-electron chi connectivity index (χ4n) is 2.10. The third kappa shape index (κ3) is 5.57. The SMILES string of the molecule is Cl.O=C(NCCOc1ccc(Cl)cc1)C1CCNCC1. The van der Waals surface area contributed by atoms with Gasteiger partial charge in [0.15, 0.2) is 0 Å². The van der Waals surface area contributed by atoms with E-state index in [0.29, 0.717) is 18.2 Å². The lowest BCUT2D eigenvalue weighted by molar-refractivity contribution is -0.125. The van der Waals surface area contributed by atoms with Crippen LogP contribution >= 0.6 is 24.0 Å². The van der Waals surface area contributed by atoms with Gasteiger partial charge in [-0.25, -0.2) is 0 Å². The summed E-state index contributed by atoms with van der Waals surface area (Å²) in [6, 6.07) is 7.20. The number of piperidine rings is 1. The second kappa shape index (κ2) is 9.06. The quantitative estimate of drug-likeness (QED) is 0.819. The number of carbonyl (C=O) groups is 1. The van der Waals surface area contributed by atoms with Gasteiger partial charge in [0.2, 0.25) is 5.91 Å². The maximum atomic E-state index is 11.8. The highest BCUT2D eigenvalue weighted by atomic mass is 35.5. The largest absolute Gasteiger partial charge is 0.492 e. The van der Waals surface area contributed by atoms with Gasteiger partial charge < -0.3 is 15.4 Å². The first-order valence-corrected chi connectivity index (χ1v) is 7.00. The average Bonchev–Trinajstić information content (AvgIpc) is 2.46. The molecule has 1 fully saturated rings. The van der Waals surface area contributed by atoms with Gasteiger partial charge in [0.1, 0.15) is 12.4 Å². The number of hydrogen-bond acceptors (Lipinski definition) is 3. The highest BCUT2D eigenvalue weighted by Gasteiger charge is 2.20. The Bertz CT molecular complexity index is 406. The third-order valence-electron chi connectivity index (χ3n) is 3.19. The molecular weight excluding hydrogens is 299 g/mol. The zero-order valence-electron chi connectivity index (χ0n) is 11.2.